The molecule has 1 aromatic carbocycles. The van der Waals surface area contributed by atoms with Gasteiger partial charge in [-0.15, -0.1) is 0 Å². The van der Waals surface area contributed by atoms with Gasteiger partial charge in [0.05, 0.1) is 9.81 Å². The van der Waals surface area contributed by atoms with Crippen LogP contribution in [0, 0.1) is 6.92 Å². The minimum atomic E-state index is -0.413. The Hall–Kier alpha value is -1.61. The molecular weight excluding hydrogens is 432 g/mol. The predicted molar refractivity (Wildman–Crippen MR) is 124 cm³/mol. The molecule has 2 unspecified atom stereocenters. The molecule has 0 N–H and O–H groups in total. The van der Waals surface area contributed by atoms with Crippen LogP contribution in [0.15, 0.2) is 34.1 Å². The fraction of sp³-hybridized carbons (Fsp3) is 0.522. The van der Waals surface area contributed by atoms with Crippen molar-refractivity contribution in [1.29, 1.82) is 0 Å². The molecule has 2 heterocycles. The van der Waals surface area contributed by atoms with E-state index in [1.54, 1.807) is 0 Å². The first kappa shape index (κ1) is 22.6. The summed E-state index contributed by atoms with van der Waals surface area (Å²) in [6, 6.07) is 8.06. The van der Waals surface area contributed by atoms with Gasteiger partial charge in [0.15, 0.2) is 17.0 Å². The predicted octanol–water partition coefficient (Wildman–Crippen LogP) is 3.16. The molecule has 3 fully saturated rings. The van der Waals surface area contributed by atoms with E-state index in [4.69, 9.17) is 4.74 Å². The molecule has 2 atom stereocenters. The van der Waals surface area contributed by atoms with Gasteiger partial charge >= 0.3 is 5.97 Å². The lowest BCUT2D eigenvalue weighted by Gasteiger charge is -2.37. The van der Waals surface area contributed by atoms with Gasteiger partial charge < -0.3 is 9.64 Å². The molecule has 0 bridgehead atoms. The maximum atomic E-state index is 13.1. The van der Waals surface area contributed by atoms with Crippen molar-refractivity contribution in [1.82, 2.24) is 9.80 Å². The molecule has 31 heavy (non-hydrogen) atoms. The number of thioether (sulfide) groups is 2. The average Bonchev–Trinajstić information content (AvgIpc) is 3.11. The van der Waals surface area contributed by atoms with Crippen molar-refractivity contribution < 1.29 is 19.1 Å². The smallest absolute Gasteiger partial charge is 0.303 e. The summed E-state index contributed by atoms with van der Waals surface area (Å²) >= 11 is 2.87. The second kappa shape index (κ2) is 9.48. The third-order valence-electron chi connectivity index (χ3n) is 6.04. The molecule has 0 spiro atoms. The SMILES string of the molecule is CC(=O)OC1SC(=C2C(=O)CC(c3ccc(C)cc3)CC2=O)SC1N1CCN(C)CC1. The number of hydrogen-bond donors (Lipinski definition) is 0. The normalized spacial score (nSPS) is 28.3. The highest BCUT2D eigenvalue weighted by molar-refractivity contribution is 8.26. The molecule has 8 heteroatoms. The summed E-state index contributed by atoms with van der Waals surface area (Å²) < 4.78 is 6.30. The van der Waals surface area contributed by atoms with Gasteiger partial charge in [-0.25, -0.2) is 0 Å². The fourth-order valence-electron chi connectivity index (χ4n) is 4.22. The molecule has 0 amide bonds. The Morgan fingerprint density at radius 2 is 1.61 bits per heavy atom. The Morgan fingerprint density at radius 3 is 2.19 bits per heavy atom. The van der Waals surface area contributed by atoms with Gasteiger partial charge in [-0.05, 0) is 25.5 Å². The Bertz CT molecular complexity index is 887. The fourth-order valence-corrected chi connectivity index (χ4v) is 7.48. The van der Waals surface area contributed by atoms with Crippen LogP contribution in [0.1, 0.15) is 36.8 Å². The number of likely N-dealkylation sites (N-methyl/N-ethyl adjacent to an activating group) is 1. The van der Waals surface area contributed by atoms with Gasteiger partial charge in [-0.2, -0.15) is 0 Å². The highest BCUT2D eigenvalue weighted by atomic mass is 32.2. The number of ether oxygens (including phenoxy) is 1. The summed E-state index contributed by atoms with van der Waals surface area (Å²) in [6.07, 6.45) is 0.679. The van der Waals surface area contributed by atoms with Crippen molar-refractivity contribution in [2.45, 2.75) is 43.4 Å². The van der Waals surface area contributed by atoms with Crippen molar-refractivity contribution in [2.24, 2.45) is 0 Å². The van der Waals surface area contributed by atoms with Crippen molar-refractivity contribution in [3.8, 4) is 0 Å². The van der Waals surface area contributed by atoms with Gasteiger partial charge in [0.2, 0.25) is 0 Å². The van der Waals surface area contributed by atoms with Crippen LogP contribution in [0.25, 0.3) is 0 Å². The molecule has 1 saturated carbocycles. The third kappa shape index (κ3) is 5.08. The molecule has 0 aromatic heterocycles. The van der Waals surface area contributed by atoms with Crippen LogP contribution < -0.4 is 0 Å². The zero-order chi connectivity index (χ0) is 22.1. The van der Waals surface area contributed by atoms with Crippen LogP contribution in [0.5, 0.6) is 0 Å². The van der Waals surface area contributed by atoms with Crippen molar-refractivity contribution in [3.05, 3.63) is 45.2 Å². The monoisotopic (exact) mass is 460 g/mol. The molecule has 2 saturated heterocycles. The lowest BCUT2D eigenvalue weighted by molar-refractivity contribution is -0.143. The minimum Gasteiger partial charge on any atom is -0.448 e. The first-order valence-corrected chi connectivity index (χ1v) is 12.4. The molecule has 4 rings (SSSR count). The molecule has 1 aliphatic carbocycles. The number of nitrogens with zero attached hydrogens (tertiary/aromatic N) is 2. The van der Waals surface area contributed by atoms with Crippen LogP contribution in [-0.2, 0) is 19.1 Å². The van der Waals surface area contributed by atoms with Gasteiger partial charge in [-0.3, -0.25) is 19.3 Å². The zero-order valence-corrected chi connectivity index (χ0v) is 19.8. The Balaban J connectivity index is 1.54. The first-order valence-electron chi connectivity index (χ1n) is 10.6. The zero-order valence-electron chi connectivity index (χ0n) is 18.1. The average molecular weight is 461 g/mol. The maximum Gasteiger partial charge on any atom is 0.303 e. The second-order valence-corrected chi connectivity index (χ2v) is 11.0. The van der Waals surface area contributed by atoms with Crippen LogP contribution in [0.2, 0.25) is 0 Å². The minimum absolute atomic E-state index is 0.0703. The molecule has 6 nitrogen and oxygen atoms in total. The van der Waals surface area contributed by atoms with E-state index in [9.17, 15) is 14.4 Å². The molecule has 0 radical (unpaired) electrons. The Morgan fingerprint density at radius 1 is 1.00 bits per heavy atom. The molecule has 1 aromatic rings. The summed E-state index contributed by atoms with van der Waals surface area (Å²) in [5.41, 5.74) is 2.09. The van der Waals surface area contributed by atoms with E-state index in [1.807, 2.05) is 31.2 Å². The molecule has 166 valence electrons. The number of piperazine rings is 1. The number of benzene rings is 1. The van der Waals surface area contributed by atoms with Gasteiger partial charge in [0.1, 0.15) is 5.37 Å². The summed E-state index contributed by atoms with van der Waals surface area (Å²) in [5, 5.41) is -0.0828. The number of allylic oxidation sites excluding steroid dienone is 1. The largest absolute Gasteiger partial charge is 0.448 e. The summed E-state index contributed by atoms with van der Waals surface area (Å²) in [5.74, 6) is -0.613. The van der Waals surface area contributed by atoms with E-state index < -0.39 is 5.44 Å². The number of ketones is 2. The van der Waals surface area contributed by atoms with E-state index >= 15 is 0 Å². The quantitative estimate of drug-likeness (QED) is 0.387. The number of carbonyl (C=O) groups is 3. The van der Waals surface area contributed by atoms with Crippen molar-refractivity contribution >= 4 is 41.1 Å². The number of rotatable bonds is 3. The summed E-state index contributed by atoms with van der Waals surface area (Å²) in [7, 11) is 2.09. The third-order valence-corrected chi connectivity index (χ3v) is 9.00. The Kier molecular flexibility index (Phi) is 6.91. The van der Waals surface area contributed by atoms with Crippen LogP contribution in [0.4, 0.5) is 0 Å². The molecule has 3 aliphatic rings. The van der Waals surface area contributed by atoms with Crippen LogP contribution >= 0.6 is 23.5 Å². The highest BCUT2D eigenvalue weighted by Crippen LogP contribution is 2.52. The van der Waals surface area contributed by atoms with Crippen molar-refractivity contribution in [3.63, 3.8) is 0 Å². The van der Waals surface area contributed by atoms with Gasteiger partial charge in [0, 0.05) is 45.9 Å². The van der Waals surface area contributed by atoms with E-state index in [0.717, 1.165) is 37.3 Å². The lowest BCUT2D eigenvalue weighted by Crippen LogP contribution is -2.50. The second-order valence-electron chi connectivity index (χ2n) is 8.47. The first-order chi connectivity index (χ1) is 14.8. The standard InChI is InChI=1S/C23H28N2O4S2/c1-14-4-6-16(7-5-14)17-12-18(27)20(19(28)13-17)23-30-21(22(31-23)29-15(2)26)25-10-8-24(3)9-11-25/h4-7,17,21-22H,8-13H2,1-3H3. The number of carbonyl (C=O) groups excluding carboxylic acids is 3. The van der Waals surface area contributed by atoms with Crippen LogP contribution in [-0.4, -0.2) is 71.4 Å². The topological polar surface area (TPSA) is 66.9 Å². The Labute approximate surface area is 191 Å². The highest BCUT2D eigenvalue weighted by Gasteiger charge is 2.44. The molecule has 2 aliphatic heterocycles. The van der Waals surface area contributed by atoms with E-state index in [1.165, 1.54) is 30.4 Å². The lowest BCUT2D eigenvalue weighted by atomic mass is 9.80. The van der Waals surface area contributed by atoms with Gasteiger partial charge in [0.25, 0.3) is 0 Å². The molecular formula is C23H28N2O4S2. The number of hydrogen-bond acceptors (Lipinski definition) is 8. The van der Waals surface area contributed by atoms with Gasteiger partial charge in [-0.1, -0.05) is 53.4 Å². The number of aryl methyl sites for hydroxylation is 1. The van der Waals surface area contributed by atoms with Crippen LogP contribution in [0.3, 0.4) is 0 Å². The van der Waals surface area contributed by atoms with E-state index in [2.05, 4.69) is 16.8 Å². The van der Waals surface area contributed by atoms with Crippen molar-refractivity contribution in [2.75, 3.05) is 33.2 Å². The number of Topliss-reactive ketones (excluding diaryl/α,β-unsaturated/α-hetero) is 2. The maximum absolute atomic E-state index is 13.1. The van der Waals surface area contributed by atoms with E-state index in [0.29, 0.717) is 22.7 Å². The van der Waals surface area contributed by atoms with E-state index in [-0.39, 0.29) is 28.8 Å². The summed E-state index contributed by atoms with van der Waals surface area (Å²) in [6.45, 7) is 7.04. The number of esters is 1. The summed E-state index contributed by atoms with van der Waals surface area (Å²) in [4.78, 5) is 42.4.